The summed E-state index contributed by atoms with van der Waals surface area (Å²) in [6, 6.07) is 0. The van der Waals surface area contributed by atoms with Crippen LogP contribution in [-0.4, -0.2) is 46.9 Å². The van der Waals surface area contributed by atoms with Gasteiger partial charge in [-0.1, -0.05) is 33.8 Å². The van der Waals surface area contributed by atoms with Crippen molar-refractivity contribution in [3.8, 4) is 0 Å². The molecule has 4 aliphatic carbocycles. The van der Waals surface area contributed by atoms with Crippen LogP contribution >= 0.6 is 12.2 Å². The van der Waals surface area contributed by atoms with Gasteiger partial charge in [0.05, 0.1) is 13.2 Å². The molecule has 0 aromatic heterocycles. The Morgan fingerprint density at radius 3 is 2.66 bits per heavy atom. The number of ether oxygens (including phenoxy) is 2. The fourth-order valence-corrected chi connectivity index (χ4v) is 8.23. The second-order valence-electron chi connectivity index (χ2n) is 10.5. The number of methoxy groups -OCH3 is 1. The van der Waals surface area contributed by atoms with Crippen LogP contribution in [0.5, 0.6) is 0 Å². The molecule has 1 N–H and O–H groups in total. The van der Waals surface area contributed by atoms with Gasteiger partial charge in [0.1, 0.15) is 6.17 Å². The van der Waals surface area contributed by atoms with Crippen molar-refractivity contribution >= 4 is 29.0 Å². The fourth-order valence-electron chi connectivity index (χ4n) is 7.75. The summed E-state index contributed by atoms with van der Waals surface area (Å²) in [5, 5.41) is 11.8. The molecule has 7 heteroatoms. The Kier molecular flexibility index (Phi) is 5.69. The number of esters is 1. The molecule has 0 unspecified atom stereocenters. The van der Waals surface area contributed by atoms with Crippen molar-refractivity contribution in [3.05, 3.63) is 23.8 Å². The van der Waals surface area contributed by atoms with Gasteiger partial charge < -0.3 is 14.6 Å². The normalized spacial score (nSPS) is 47.1. The first kappa shape index (κ1) is 23.6. The molecule has 3 saturated carbocycles. The zero-order chi connectivity index (χ0) is 23.6. The van der Waals surface area contributed by atoms with Crippen molar-refractivity contribution in [3.63, 3.8) is 0 Å². The number of hydrogen-bond donors (Lipinski definition) is 1. The number of ketones is 1. The summed E-state index contributed by atoms with van der Waals surface area (Å²) >= 11 is 5.63. The Morgan fingerprint density at radius 2 is 2.03 bits per heavy atom. The SMILES string of the molecule is CCC(=O)O[C@]1(C(=S)OC)[C@@H](C)C[C@H]2[C@@H]3C[C@H](F)C4=CC(=O)C=C[C@]4(C)[C@H]3[C@@H](O)C[C@@]21C. The smallest absolute Gasteiger partial charge is 0.306 e. The summed E-state index contributed by atoms with van der Waals surface area (Å²) in [5.74, 6) is -1.12. The van der Waals surface area contributed by atoms with Gasteiger partial charge in [-0.05, 0) is 61.0 Å². The molecular formula is C25H33FO5S. The highest BCUT2D eigenvalue weighted by atomic mass is 32.1. The fraction of sp³-hybridized carbons (Fsp3) is 0.720. The van der Waals surface area contributed by atoms with Crippen molar-refractivity contribution in [2.24, 2.45) is 34.5 Å². The molecule has 0 amide bonds. The number of fused-ring (bicyclic) bond motifs is 5. The summed E-state index contributed by atoms with van der Waals surface area (Å²) in [7, 11) is 1.48. The molecule has 0 radical (unpaired) electrons. The van der Waals surface area contributed by atoms with Gasteiger partial charge >= 0.3 is 5.97 Å². The molecule has 0 aromatic carbocycles. The Balaban J connectivity index is 1.83. The van der Waals surface area contributed by atoms with Crippen LogP contribution in [0.4, 0.5) is 4.39 Å². The van der Waals surface area contributed by atoms with Crippen LogP contribution in [0.25, 0.3) is 0 Å². The molecule has 32 heavy (non-hydrogen) atoms. The molecule has 0 heterocycles. The van der Waals surface area contributed by atoms with E-state index in [0.29, 0.717) is 18.4 Å². The van der Waals surface area contributed by atoms with Crippen LogP contribution < -0.4 is 0 Å². The number of alkyl halides is 1. The number of aliphatic hydroxyl groups is 1. The summed E-state index contributed by atoms with van der Waals surface area (Å²) in [5.41, 5.74) is -2.12. The lowest BCUT2D eigenvalue weighted by Gasteiger charge is -2.60. The Labute approximate surface area is 194 Å². The molecular weight excluding hydrogens is 431 g/mol. The lowest BCUT2D eigenvalue weighted by atomic mass is 9.46. The summed E-state index contributed by atoms with van der Waals surface area (Å²) in [6.07, 6.45) is 4.12. The summed E-state index contributed by atoms with van der Waals surface area (Å²) in [4.78, 5) is 24.5. The maximum Gasteiger partial charge on any atom is 0.306 e. The molecule has 9 atom stereocenters. The predicted octanol–water partition coefficient (Wildman–Crippen LogP) is 4.12. The highest BCUT2D eigenvalue weighted by molar-refractivity contribution is 7.80. The first-order chi connectivity index (χ1) is 15.0. The van der Waals surface area contributed by atoms with E-state index in [-0.39, 0.29) is 53.3 Å². The third-order valence-electron chi connectivity index (χ3n) is 9.07. The molecule has 4 rings (SSSR count). The third-order valence-corrected chi connectivity index (χ3v) is 9.54. The molecule has 3 fully saturated rings. The van der Waals surface area contributed by atoms with Gasteiger partial charge in [-0.2, -0.15) is 0 Å². The van der Waals surface area contributed by atoms with Gasteiger partial charge in [-0.15, -0.1) is 0 Å². The monoisotopic (exact) mass is 464 g/mol. The number of carbonyl (C=O) groups is 2. The van der Waals surface area contributed by atoms with Gasteiger partial charge in [0.25, 0.3) is 0 Å². The quantitative estimate of drug-likeness (QED) is 0.500. The minimum atomic E-state index is -1.26. The number of carbonyl (C=O) groups excluding carboxylic acids is 2. The third kappa shape index (κ3) is 2.92. The van der Waals surface area contributed by atoms with Crippen LogP contribution in [-0.2, 0) is 19.1 Å². The highest BCUT2D eigenvalue weighted by Crippen LogP contribution is 2.69. The van der Waals surface area contributed by atoms with Crippen LogP contribution in [0.2, 0.25) is 0 Å². The van der Waals surface area contributed by atoms with Crippen molar-refractivity contribution in [1.82, 2.24) is 0 Å². The van der Waals surface area contributed by atoms with Crippen LogP contribution in [0.3, 0.4) is 0 Å². The van der Waals surface area contributed by atoms with Gasteiger partial charge in [-0.25, -0.2) is 4.39 Å². The molecule has 4 aliphatic rings. The molecule has 0 saturated heterocycles. The van der Waals surface area contributed by atoms with E-state index < -0.39 is 28.7 Å². The van der Waals surface area contributed by atoms with Crippen molar-refractivity contribution in [2.45, 2.75) is 71.3 Å². The first-order valence-corrected chi connectivity index (χ1v) is 11.9. The topological polar surface area (TPSA) is 72.8 Å². The average molecular weight is 465 g/mol. The molecule has 0 aromatic rings. The van der Waals surface area contributed by atoms with E-state index in [4.69, 9.17) is 21.7 Å². The van der Waals surface area contributed by atoms with Crippen LogP contribution in [0.15, 0.2) is 23.8 Å². The zero-order valence-electron chi connectivity index (χ0n) is 19.4. The predicted molar refractivity (Wildman–Crippen MR) is 122 cm³/mol. The van der Waals surface area contributed by atoms with Gasteiger partial charge in [0, 0.05) is 29.1 Å². The molecule has 0 spiro atoms. The summed E-state index contributed by atoms with van der Waals surface area (Å²) in [6.45, 7) is 7.67. The number of allylic oxidation sites excluding steroid dienone is 4. The van der Waals surface area contributed by atoms with Gasteiger partial charge in [0.2, 0.25) is 5.05 Å². The van der Waals surface area contributed by atoms with Crippen molar-refractivity contribution in [2.75, 3.05) is 7.11 Å². The Hall–Kier alpha value is -1.60. The maximum atomic E-state index is 15.5. The second kappa shape index (κ2) is 7.73. The number of halogens is 1. The molecule has 5 nitrogen and oxygen atoms in total. The van der Waals surface area contributed by atoms with E-state index in [2.05, 4.69) is 0 Å². The second-order valence-corrected chi connectivity index (χ2v) is 10.9. The summed E-state index contributed by atoms with van der Waals surface area (Å²) < 4.78 is 27.1. The lowest BCUT2D eigenvalue weighted by molar-refractivity contribution is -0.187. The van der Waals surface area contributed by atoms with Gasteiger partial charge in [0.15, 0.2) is 11.4 Å². The largest absolute Gasteiger partial charge is 0.487 e. The van der Waals surface area contributed by atoms with E-state index in [1.54, 1.807) is 13.0 Å². The number of rotatable bonds is 3. The van der Waals surface area contributed by atoms with E-state index in [0.717, 1.165) is 0 Å². The number of hydrogen-bond acceptors (Lipinski definition) is 6. The Bertz CT molecular complexity index is 914. The zero-order valence-corrected chi connectivity index (χ0v) is 20.2. The highest BCUT2D eigenvalue weighted by Gasteiger charge is 2.73. The van der Waals surface area contributed by atoms with Gasteiger partial charge in [-0.3, -0.25) is 9.59 Å². The van der Waals surface area contributed by atoms with E-state index in [1.165, 1.54) is 19.3 Å². The standard InChI is InChI=1S/C25H33FO5S/c1-6-20(29)31-25(22(32)30-5)13(2)9-16-15-11-18(26)17-10-14(27)7-8-23(17,3)21(15)19(28)12-24(16,25)4/h7-8,10,13,15-16,18-19,21,28H,6,9,11-12H2,1-5H3/t13-,15-,16-,18-,19-,21+,23-,24-,25-/m0/s1. The first-order valence-electron chi connectivity index (χ1n) is 11.5. The Morgan fingerprint density at radius 1 is 1.34 bits per heavy atom. The lowest BCUT2D eigenvalue weighted by Crippen LogP contribution is -2.64. The minimum Gasteiger partial charge on any atom is -0.487 e. The maximum absolute atomic E-state index is 15.5. The molecule has 0 bridgehead atoms. The number of aliphatic hydroxyl groups excluding tert-OH is 1. The van der Waals surface area contributed by atoms with E-state index in [1.807, 2.05) is 20.8 Å². The van der Waals surface area contributed by atoms with E-state index in [9.17, 15) is 14.7 Å². The van der Waals surface area contributed by atoms with Crippen LogP contribution in [0, 0.1) is 34.5 Å². The molecule has 0 aliphatic heterocycles. The van der Waals surface area contributed by atoms with Crippen molar-refractivity contribution < 1.29 is 28.6 Å². The van der Waals surface area contributed by atoms with E-state index >= 15 is 4.39 Å². The van der Waals surface area contributed by atoms with Crippen LogP contribution in [0.1, 0.15) is 53.4 Å². The minimum absolute atomic E-state index is 0.0219. The molecule has 176 valence electrons. The average Bonchev–Trinajstić information content (AvgIpc) is 2.95. The number of thiocarbonyl (C=S) groups is 1. The van der Waals surface area contributed by atoms with Crippen molar-refractivity contribution in [1.29, 1.82) is 0 Å².